The number of rotatable bonds is 7. The minimum Gasteiger partial charge on any atom is -0.497 e. The fourth-order valence-electron chi connectivity index (χ4n) is 3.67. The van der Waals surface area contributed by atoms with Gasteiger partial charge in [0.15, 0.2) is 5.78 Å². The maximum Gasteiger partial charge on any atom is 0.340 e. The summed E-state index contributed by atoms with van der Waals surface area (Å²) < 4.78 is 17.1. The molecule has 7 nitrogen and oxygen atoms in total. The summed E-state index contributed by atoms with van der Waals surface area (Å²) >= 11 is 0. The van der Waals surface area contributed by atoms with E-state index in [1.165, 1.54) is 27.4 Å². The van der Waals surface area contributed by atoms with Gasteiger partial charge in [-0.15, -0.1) is 0 Å². The fraction of sp³-hybridized carbons (Fsp3) is 0.115. The lowest BCUT2D eigenvalue weighted by atomic mass is 10.0. The molecule has 0 bridgehead atoms. The first-order chi connectivity index (χ1) is 16.0. The van der Waals surface area contributed by atoms with E-state index in [1.54, 1.807) is 65.2 Å². The van der Waals surface area contributed by atoms with Crippen LogP contribution in [0.3, 0.4) is 0 Å². The van der Waals surface area contributed by atoms with E-state index >= 15 is 0 Å². The summed E-state index contributed by atoms with van der Waals surface area (Å²) in [6.07, 6.45) is 1.60. The third kappa shape index (κ3) is 3.96. The molecular formula is C26H21NO6. The number of aromatic nitrogens is 1. The Kier molecular flexibility index (Phi) is 5.95. The molecule has 166 valence electrons. The molecule has 2 aromatic heterocycles. The highest BCUT2D eigenvalue weighted by Gasteiger charge is 2.24. The van der Waals surface area contributed by atoms with Crippen LogP contribution in [-0.2, 0) is 4.74 Å². The van der Waals surface area contributed by atoms with Gasteiger partial charge in [-0.1, -0.05) is 30.3 Å². The lowest BCUT2D eigenvalue weighted by Gasteiger charge is -2.10. The van der Waals surface area contributed by atoms with Gasteiger partial charge in [0.05, 0.1) is 43.7 Å². The third-order valence-electron chi connectivity index (χ3n) is 5.36. The van der Waals surface area contributed by atoms with Crippen LogP contribution in [0.5, 0.6) is 11.5 Å². The number of hydrogen-bond donors (Lipinski definition) is 0. The van der Waals surface area contributed by atoms with Gasteiger partial charge in [0, 0.05) is 23.4 Å². The predicted molar refractivity (Wildman–Crippen MR) is 122 cm³/mol. The van der Waals surface area contributed by atoms with Crippen molar-refractivity contribution in [1.29, 1.82) is 0 Å². The number of ketones is 2. The van der Waals surface area contributed by atoms with E-state index in [9.17, 15) is 14.4 Å². The van der Waals surface area contributed by atoms with Gasteiger partial charge in [-0.05, 0) is 30.3 Å². The molecule has 4 rings (SSSR count). The van der Waals surface area contributed by atoms with Crippen molar-refractivity contribution < 1.29 is 28.6 Å². The summed E-state index contributed by atoms with van der Waals surface area (Å²) in [4.78, 5) is 38.9. The van der Waals surface area contributed by atoms with Crippen LogP contribution in [0.4, 0.5) is 0 Å². The number of carbonyl (C=O) groups is 3. The second-order valence-electron chi connectivity index (χ2n) is 7.20. The fourth-order valence-corrected chi connectivity index (χ4v) is 3.67. The number of pyridine rings is 1. The summed E-state index contributed by atoms with van der Waals surface area (Å²) in [5.74, 6) is -0.285. The molecule has 2 aromatic carbocycles. The van der Waals surface area contributed by atoms with Crippen molar-refractivity contribution in [2.45, 2.75) is 0 Å². The van der Waals surface area contributed by atoms with Crippen molar-refractivity contribution in [3.63, 3.8) is 0 Å². The van der Waals surface area contributed by atoms with E-state index in [2.05, 4.69) is 0 Å². The summed E-state index contributed by atoms with van der Waals surface area (Å²) in [5, 5.41) is 0. The van der Waals surface area contributed by atoms with Gasteiger partial charge in [0.2, 0.25) is 5.78 Å². The van der Waals surface area contributed by atoms with E-state index in [4.69, 9.17) is 14.2 Å². The van der Waals surface area contributed by atoms with Crippen molar-refractivity contribution in [1.82, 2.24) is 4.40 Å². The maximum atomic E-state index is 13.4. The second kappa shape index (κ2) is 9.00. The Morgan fingerprint density at radius 3 is 2.15 bits per heavy atom. The topological polar surface area (TPSA) is 83.3 Å². The van der Waals surface area contributed by atoms with Crippen LogP contribution in [0.25, 0.3) is 5.52 Å². The Hall–Kier alpha value is -4.39. The Bertz CT molecular complexity index is 1370. The smallest absolute Gasteiger partial charge is 0.340 e. The molecule has 0 atom stereocenters. The number of carbonyl (C=O) groups excluding carboxylic acids is 3. The number of benzene rings is 2. The van der Waals surface area contributed by atoms with Crippen molar-refractivity contribution in [2.24, 2.45) is 0 Å². The Morgan fingerprint density at radius 2 is 1.48 bits per heavy atom. The molecule has 4 aromatic rings. The summed E-state index contributed by atoms with van der Waals surface area (Å²) in [6.45, 7) is 0. The number of hydrogen-bond acceptors (Lipinski definition) is 6. The van der Waals surface area contributed by atoms with E-state index in [0.717, 1.165) is 0 Å². The molecule has 2 heterocycles. The average Bonchev–Trinajstić information content (AvgIpc) is 3.26. The molecule has 7 heteroatoms. The maximum absolute atomic E-state index is 13.4. The van der Waals surface area contributed by atoms with Crippen LogP contribution in [-0.4, -0.2) is 43.3 Å². The van der Waals surface area contributed by atoms with Crippen LogP contribution < -0.4 is 9.47 Å². The van der Waals surface area contributed by atoms with E-state index < -0.39 is 5.97 Å². The van der Waals surface area contributed by atoms with Gasteiger partial charge in [0.25, 0.3) is 0 Å². The summed E-state index contributed by atoms with van der Waals surface area (Å²) in [5.41, 5.74) is 2.01. The van der Waals surface area contributed by atoms with Gasteiger partial charge in [-0.25, -0.2) is 4.79 Å². The van der Waals surface area contributed by atoms with Crippen LogP contribution in [0.2, 0.25) is 0 Å². The molecule has 0 saturated heterocycles. The SMILES string of the molecule is COC(=O)c1cc(C(=O)c2ccc(OC)cc2OC)n2ccc(C(=O)c3ccccc3)cc12. The normalized spacial score (nSPS) is 10.6. The van der Waals surface area contributed by atoms with Gasteiger partial charge in [-0.2, -0.15) is 0 Å². The van der Waals surface area contributed by atoms with Crippen LogP contribution in [0.1, 0.15) is 42.3 Å². The van der Waals surface area contributed by atoms with Gasteiger partial charge < -0.3 is 18.6 Å². The largest absolute Gasteiger partial charge is 0.497 e. The first kappa shape index (κ1) is 21.8. The highest BCUT2D eigenvalue weighted by Crippen LogP contribution is 2.29. The van der Waals surface area contributed by atoms with Crippen molar-refractivity contribution in [3.05, 3.63) is 101 Å². The molecule has 0 saturated carbocycles. The monoisotopic (exact) mass is 443 g/mol. The zero-order valence-corrected chi connectivity index (χ0v) is 18.3. The third-order valence-corrected chi connectivity index (χ3v) is 5.36. The van der Waals surface area contributed by atoms with Crippen molar-refractivity contribution >= 4 is 23.1 Å². The number of esters is 1. The molecule has 0 spiro atoms. The van der Waals surface area contributed by atoms with Crippen LogP contribution >= 0.6 is 0 Å². The standard InChI is InChI=1S/C26H21NO6/c1-31-18-9-10-19(23(14-18)32-2)25(29)22-15-20(26(30)33-3)21-13-17(11-12-27(21)22)24(28)16-7-5-4-6-8-16/h4-15H,1-3H3. The Balaban J connectivity index is 1.86. The molecule has 0 aliphatic rings. The predicted octanol–water partition coefficient (Wildman–Crippen LogP) is 4.21. The minimum absolute atomic E-state index is 0.177. The van der Waals surface area contributed by atoms with Gasteiger partial charge in [-0.3, -0.25) is 9.59 Å². The van der Waals surface area contributed by atoms with Gasteiger partial charge in [0.1, 0.15) is 11.5 Å². The lowest BCUT2D eigenvalue weighted by molar-refractivity contribution is 0.0603. The molecular weight excluding hydrogens is 422 g/mol. The van der Waals surface area contributed by atoms with Crippen LogP contribution in [0, 0.1) is 0 Å². The summed E-state index contributed by atoms with van der Waals surface area (Å²) in [7, 11) is 4.25. The molecule has 0 aliphatic carbocycles. The Labute approximate surface area is 190 Å². The Morgan fingerprint density at radius 1 is 0.727 bits per heavy atom. The molecule has 0 unspecified atom stereocenters. The van der Waals surface area contributed by atoms with Crippen molar-refractivity contribution in [3.8, 4) is 11.5 Å². The first-order valence-electron chi connectivity index (χ1n) is 10.1. The van der Waals surface area contributed by atoms with Crippen molar-refractivity contribution in [2.75, 3.05) is 21.3 Å². The average molecular weight is 443 g/mol. The van der Waals surface area contributed by atoms with E-state index in [0.29, 0.717) is 33.7 Å². The molecule has 33 heavy (non-hydrogen) atoms. The molecule has 0 aliphatic heterocycles. The zero-order valence-electron chi connectivity index (χ0n) is 18.3. The molecule has 0 N–H and O–H groups in total. The quantitative estimate of drug-likeness (QED) is 0.314. The second-order valence-corrected chi connectivity index (χ2v) is 7.20. The van der Waals surface area contributed by atoms with E-state index in [-0.39, 0.29) is 22.8 Å². The van der Waals surface area contributed by atoms with Crippen LogP contribution in [0.15, 0.2) is 72.9 Å². The highest BCUT2D eigenvalue weighted by molar-refractivity contribution is 6.14. The van der Waals surface area contributed by atoms with Gasteiger partial charge >= 0.3 is 5.97 Å². The number of fused-ring (bicyclic) bond motifs is 1. The zero-order chi connectivity index (χ0) is 23.5. The molecule has 0 amide bonds. The lowest BCUT2D eigenvalue weighted by Crippen LogP contribution is -2.08. The molecule has 0 fully saturated rings. The first-order valence-corrected chi connectivity index (χ1v) is 10.1. The number of nitrogens with zero attached hydrogens (tertiary/aromatic N) is 1. The number of ether oxygens (including phenoxy) is 3. The number of methoxy groups -OCH3 is 3. The minimum atomic E-state index is -0.613. The highest BCUT2D eigenvalue weighted by atomic mass is 16.5. The molecule has 0 radical (unpaired) electrons. The van der Waals surface area contributed by atoms with E-state index in [1.807, 2.05) is 6.07 Å². The summed E-state index contributed by atoms with van der Waals surface area (Å²) in [6, 6.07) is 18.4.